The van der Waals surface area contributed by atoms with Crippen molar-refractivity contribution in [2.24, 2.45) is 0 Å². The van der Waals surface area contributed by atoms with Gasteiger partial charge in [-0.1, -0.05) is 123 Å². The third-order valence-corrected chi connectivity index (χ3v) is 8.80. The molecule has 0 N–H and O–H groups in total. The van der Waals surface area contributed by atoms with Gasteiger partial charge in [0.1, 0.15) is 0 Å². The second kappa shape index (κ2) is 22.6. The van der Waals surface area contributed by atoms with E-state index in [2.05, 4.69) is 46.6 Å². The van der Waals surface area contributed by atoms with Crippen LogP contribution in [0.2, 0.25) is 0 Å². The number of rotatable bonds is 26. The first-order valence-corrected chi connectivity index (χ1v) is 17.4. The molecule has 38 heavy (non-hydrogen) atoms. The Hall–Kier alpha value is -0.120. The van der Waals surface area contributed by atoms with Crippen LogP contribution < -0.4 is 0 Å². The van der Waals surface area contributed by atoms with Gasteiger partial charge in [0.2, 0.25) is 0 Å². The normalized spacial score (nSPS) is 18.2. The summed E-state index contributed by atoms with van der Waals surface area (Å²) < 4.78 is 6.37. The first kappa shape index (κ1) is 35.9. The van der Waals surface area contributed by atoms with Crippen molar-refractivity contribution in [1.29, 1.82) is 0 Å². The summed E-state index contributed by atoms with van der Waals surface area (Å²) in [5.41, 5.74) is 0.264. The Bertz CT molecular complexity index is 502. The molecule has 1 aliphatic rings. The zero-order chi connectivity index (χ0) is 28.0. The van der Waals surface area contributed by atoms with Crippen LogP contribution in [-0.2, 0) is 9.57 Å². The van der Waals surface area contributed by atoms with E-state index in [-0.39, 0.29) is 11.1 Å². The summed E-state index contributed by atoms with van der Waals surface area (Å²) >= 11 is 0. The summed E-state index contributed by atoms with van der Waals surface area (Å²) in [5.74, 6) is 0. The Kier molecular flexibility index (Phi) is 21.3. The smallest absolute Gasteiger partial charge is 0.0686 e. The molecule has 0 aromatic rings. The highest BCUT2D eigenvalue weighted by Gasteiger charge is 2.42. The average Bonchev–Trinajstić information content (AvgIpc) is 2.87. The van der Waals surface area contributed by atoms with Crippen LogP contribution >= 0.6 is 0 Å². The van der Waals surface area contributed by atoms with E-state index in [0.29, 0.717) is 6.10 Å². The zero-order valence-corrected chi connectivity index (χ0v) is 27.2. The molecule has 0 spiro atoms. The fraction of sp³-hybridized carbons (Fsp3) is 1.00. The van der Waals surface area contributed by atoms with Crippen LogP contribution in [0.5, 0.6) is 0 Å². The molecule has 3 nitrogen and oxygen atoms in total. The van der Waals surface area contributed by atoms with Crippen LogP contribution in [0.3, 0.4) is 0 Å². The largest absolute Gasteiger partial charge is 0.378 e. The van der Waals surface area contributed by atoms with Gasteiger partial charge in [0, 0.05) is 17.7 Å². The molecule has 1 heterocycles. The third-order valence-electron chi connectivity index (χ3n) is 8.80. The monoisotopic (exact) mass is 538 g/mol. The van der Waals surface area contributed by atoms with Crippen molar-refractivity contribution < 1.29 is 9.57 Å². The molecule has 0 aromatic carbocycles. The van der Waals surface area contributed by atoms with E-state index in [9.17, 15) is 0 Å². The van der Waals surface area contributed by atoms with Gasteiger partial charge in [-0.25, -0.2) is 0 Å². The predicted molar refractivity (Wildman–Crippen MR) is 168 cm³/mol. The van der Waals surface area contributed by atoms with Crippen LogP contribution in [-0.4, -0.2) is 35.5 Å². The minimum Gasteiger partial charge on any atom is -0.378 e. The Labute approximate surface area is 240 Å². The lowest BCUT2D eigenvalue weighted by Gasteiger charge is -2.51. The Morgan fingerprint density at radius 3 is 1.42 bits per heavy atom. The number of nitrogens with zero attached hydrogens (tertiary/aromatic N) is 1. The van der Waals surface area contributed by atoms with Gasteiger partial charge >= 0.3 is 0 Å². The summed E-state index contributed by atoms with van der Waals surface area (Å²) in [5, 5.41) is 2.31. The zero-order valence-electron chi connectivity index (χ0n) is 27.2. The Morgan fingerprint density at radius 2 is 0.947 bits per heavy atom. The highest BCUT2D eigenvalue weighted by atomic mass is 16.7. The molecule has 3 heteroatoms. The van der Waals surface area contributed by atoms with Crippen LogP contribution in [0.15, 0.2) is 0 Å². The molecule has 0 saturated carbocycles. The number of ether oxygens (including phenoxy) is 1. The van der Waals surface area contributed by atoms with Crippen molar-refractivity contribution in [2.45, 2.75) is 213 Å². The molecule has 228 valence electrons. The lowest BCUT2D eigenvalue weighted by molar-refractivity contribution is -0.281. The third kappa shape index (κ3) is 17.5. The molecular weight excluding hydrogens is 466 g/mol. The second-order valence-corrected chi connectivity index (χ2v) is 13.7. The van der Waals surface area contributed by atoms with Crippen LogP contribution in [0.25, 0.3) is 0 Å². The molecular formula is C35H71NO2. The van der Waals surface area contributed by atoms with Gasteiger partial charge in [0.05, 0.1) is 12.7 Å². The van der Waals surface area contributed by atoms with Gasteiger partial charge in [-0.3, -0.25) is 4.84 Å². The van der Waals surface area contributed by atoms with Gasteiger partial charge in [-0.15, -0.1) is 0 Å². The molecule has 1 atom stereocenters. The topological polar surface area (TPSA) is 21.7 Å². The standard InChI is InChI=1S/C35H71NO2/c1-7-9-11-12-13-14-15-16-17-18-19-20-21-22-23-24-31-37-33(27-10-8-2)28-25-32-38-36-34(3,4)29-26-30-35(36,5)6/h33H,7-32H2,1-6H3. The quantitative estimate of drug-likeness (QED) is 0.102. The number of hydrogen-bond donors (Lipinski definition) is 0. The van der Waals surface area contributed by atoms with Gasteiger partial charge in [0.15, 0.2) is 0 Å². The van der Waals surface area contributed by atoms with Crippen molar-refractivity contribution in [3.8, 4) is 0 Å². The Balaban J connectivity index is 2.01. The number of unbranched alkanes of at least 4 members (excludes halogenated alkanes) is 16. The molecule has 0 radical (unpaired) electrons. The SMILES string of the molecule is CCCCCCCCCCCCCCCCCCOC(CCCC)CCCON1C(C)(C)CCCC1(C)C. The number of hydroxylamine groups is 2. The highest BCUT2D eigenvalue weighted by molar-refractivity contribution is 4.92. The molecule has 0 amide bonds. The van der Waals surface area contributed by atoms with Crippen LogP contribution in [0.1, 0.15) is 196 Å². The maximum absolute atomic E-state index is 6.38. The van der Waals surface area contributed by atoms with Gasteiger partial charge < -0.3 is 4.74 Å². The van der Waals surface area contributed by atoms with E-state index in [1.807, 2.05) is 0 Å². The molecule has 1 rings (SSSR count). The van der Waals surface area contributed by atoms with E-state index in [1.165, 1.54) is 141 Å². The minimum atomic E-state index is 0.132. The van der Waals surface area contributed by atoms with Gasteiger partial charge in [-0.05, 0) is 72.6 Å². The fourth-order valence-electron chi connectivity index (χ4n) is 6.44. The summed E-state index contributed by atoms with van der Waals surface area (Å²) in [6.45, 7) is 15.7. The van der Waals surface area contributed by atoms with E-state index >= 15 is 0 Å². The van der Waals surface area contributed by atoms with Crippen molar-refractivity contribution >= 4 is 0 Å². The molecule has 0 aliphatic carbocycles. The maximum Gasteiger partial charge on any atom is 0.0686 e. The first-order chi connectivity index (χ1) is 18.3. The summed E-state index contributed by atoms with van der Waals surface area (Å²) in [7, 11) is 0. The van der Waals surface area contributed by atoms with Crippen molar-refractivity contribution in [1.82, 2.24) is 5.06 Å². The lowest BCUT2D eigenvalue weighted by atomic mass is 9.82. The summed E-state index contributed by atoms with van der Waals surface area (Å²) in [6, 6.07) is 0. The molecule has 0 aromatic heterocycles. The van der Waals surface area contributed by atoms with E-state index in [0.717, 1.165) is 26.1 Å². The van der Waals surface area contributed by atoms with E-state index in [1.54, 1.807) is 0 Å². The molecule has 1 aliphatic heterocycles. The minimum absolute atomic E-state index is 0.132. The average molecular weight is 538 g/mol. The van der Waals surface area contributed by atoms with Crippen LogP contribution in [0, 0.1) is 0 Å². The summed E-state index contributed by atoms with van der Waals surface area (Å²) in [6.07, 6.45) is 32.8. The van der Waals surface area contributed by atoms with Crippen molar-refractivity contribution in [2.75, 3.05) is 13.2 Å². The highest BCUT2D eigenvalue weighted by Crippen LogP contribution is 2.38. The first-order valence-electron chi connectivity index (χ1n) is 17.4. The molecule has 1 saturated heterocycles. The van der Waals surface area contributed by atoms with E-state index < -0.39 is 0 Å². The Morgan fingerprint density at radius 1 is 0.526 bits per heavy atom. The fourth-order valence-corrected chi connectivity index (χ4v) is 6.44. The molecule has 1 fully saturated rings. The maximum atomic E-state index is 6.38. The summed E-state index contributed by atoms with van der Waals surface area (Å²) in [4.78, 5) is 6.38. The lowest BCUT2D eigenvalue weighted by Crippen LogP contribution is -2.58. The number of hydrogen-bond acceptors (Lipinski definition) is 3. The predicted octanol–water partition coefficient (Wildman–Crippen LogP) is 11.6. The van der Waals surface area contributed by atoms with E-state index in [4.69, 9.17) is 9.57 Å². The molecule has 1 unspecified atom stereocenters. The van der Waals surface area contributed by atoms with Crippen molar-refractivity contribution in [3.63, 3.8) is 0 Å². The van der Waals surface area contributed by atoms with Crippen LogP contribution in [0.4, 0.5) is 0 Å². The van der Waals surface area contributed by atoms with Crippen molar-refractivity contribution in [3.05, 3.63) is 0 Å². The second-order valence-electron chi connectivity index (χ2n) is 13.7. The van der Waals surface area contributed by atoms with Gasteiger partial charge in [0.25, 0.3) is 0 Å². The van der Waals surface area contributed by atoms with Gasteiger partial charge in [-0.2, -0.15) is 5.06 Å². The number of piperidine rings is 1. The molecule has 0 bridgehead atoms.